The van der Waals surface area contributed by atoms with Gasteiger partial charge in [-0.25, -0.2) is 17.2 Å². The number of carbonyl (C=O) groups is 2. The average molecular weight is 620 g/mol. The highest BCUT2D eigenvalue weighted by atomic mass is 32.2. The number of hydrogen-bond donors (Lipinski definition) is 1. The Morgan fingerprint density at radius 3 is 2.09 bits per heavy atom. The van der Waals surface area contributed by atoms with Crippen LogP contribution in [0.15, 0.2) is 108 Å². The molecule has 0 radical (unpaired) electrons. The second-order valence-corrected chi connectivity index (χ2v) is 12.3. The van der Waals surface area contributed by atoms with Crippen LogP contribution in [0.5, 0.6) is 0 Å². The second-order valence-electron chi connectivity index (χ2n) is 10.4. The van der Waals surface area contributed by atoms with E-state index in [0.29, 0.717) is 18.5 Å². The Morgan fingerprint density at radius 2 is 1.45 bits per heavy atom. The smallest absolute Gasteiger partial charge is 0.264 e. The van der Waals surface area contributed by atoms with E-state index in [9.17, 15) is 22.4 Å². The Balaban J connectivity index is 1.80. The Bertz CT molecular complexity index is 1670. The fourth-order valence-electron chi connectivity index (χ4n) is 4.71. The summed E-state index contributed by atoms with van der Waals surface area (Å²) in [7, 11) is -4.42. The standard InChI is InChI=1S/C34H35F2N3O4S/c1-3-21-37-34(41)32(22-26-9-5-4-6-10-26)38(23-27-15-17-28(35)18-16-27)33(40)24-39(31-12-8-7-11-30(31)36)44(42,43)29-19-13-25(2)14-20-29/h4-20,32H,3,21-24H2,1-2H3,(H,37,41)/t32-/m0/s1. The predicted molar refractivity (Wildman–Crippen MR) is 166 cm³/mol. The molecule has 0 saturated heterocycles. The van der Waals surface area contributed by atoms with Crippen molar-refractivity contribution < 1.29 is 26.8 Å². The summed E-state index contributed by atoms with van der Waals surface area (Å²) in [6.45, 7) is 3.16. The monoisotopic (exact) mass is 619 g/mol. The van der Waals surface area contributed by atoms with Gasteiger partial charge in [0.05, 0.1) is 10.6 Å². The molecule has 0 heterocycles. The molecule has 0 bridgehead atoms. The van der Waals surface area contributed by atoms with Crippen molar-refractivity contribution in [2.45, 2.75) is 44.2 Å². The van der Waals surface area contributed by atoms with Gasteiger partial charge in [0.25, 0.3) is 10.0 Å². The number of aryl methyl sites for hydroxylation is 1. The third-order valence-corrected chi connectivity index (χ3v) is 8.87. The lowest BCUT2D eigenvalue weighted by Gasteiger charge is -2.34. The molecule has 0 aliphatic rings. The number of amides is 2. The van der Waals surface area contributed by atoms with Crippen LogP contribution in [0.4, 0.5) is 14.5 Å². The summed E-state index contributed by atoms with van der Waals surface area (Å²) >= 11 is 0. The fourth-order valence-corrected chi connectivity index (χ4v) is 6.13. The molecule has 230 valence electrons. The Hall–Kier alpha value is -4.57. The third-order valence-electron chi connectivity index (χ3n) is 7.10. The van der Waals surface area contributed by atoms with Crippen molar-refractivity contribution >= 4 is 27.5 Å². The largest absolute Gasteiger partial charge is 0.354 e. The molecule has 1 N–H and O–H groups in total. The maximum atomic E-state index is 15.2. The molecule has 0 aromatic heterocycles. The summed E-state index contributed by atoms with van der Waals surface area (Å²) in [6, 6.07) is 24.9. The number of hydrogen-bond acceptors (Lipinski definition) is 4. The maximum absolute atomic E-state index is 15.2. The van der Waals surface area contributed by atoms with Gasteiger partial charge in [0, 0.05) is 19.5 Å². The first-order valence-electron chi connectivity index (χ1n) is 14.3. The van der Waals surface area contributed by atoms with E-state index in [0.717, 1.165) is 21.5 Å². The zero-order valence-electron chi connectivity index (χ0n) is 24.6. The summed E-state index contributed by atoms with van der Waals surface area (Å²) in [5.74, 6) is -2.46. The van der Waals surface area contributed by atoms with Crippen LogP contribution in [0.25, 0.3) is 0 Å². The highest BCUT2D eigenvalue weighted by molar-refractivity contribution is 7.92. The van der Waals surface area contributed by atoms with E-state index in [2.05, 4.69) is 5.32 Å². The average Bonchev–Trinajstić information content (AvgIpc) is 3.02. The van der Waals surface area contributed by atoms with Gasteiger partial charge in [0.15, 0.2) is 0 Å². The molecule has 4 aromatic carbocycles. The molecule has 0 aliphatic heterocycles. The minimum absolute atomic E-state index is 0.119. The number of rotatable bonds is 13. The molecule has 1 atom stereocenters. The lowest BCUT2D eigenvalue weighted by molar-refractivity contribution is -0.140. The third kappa shape index (κ3) is 8.08. The number of sulfonamides is 1. The van der Waals surface area contributed by atoms with E-state index in [-0.39, 0.29) is 23.5 Å². The molecule has 2 amide bonds. The van der Waals surface area contributed by atoms with Gasteiger partial charge in [-0.15, -0.1) is 0 Å². The minimum Gasteiger partial charge on any atom is -0.354 e. The van der Waals surface area contributed by atoms with Crippen molar-refractivity contribution in [3.63, 3.8) is 0 Å². The minimum atomic E-state index is -4.42. The van der Waals surface area contributed by atoms with Crippen molar-refractivity contribution in [1.82, 2.24) is 10.2 Å². The SMILES string of the molecule is CCCNC(=O)[C@H](Cc1ccccc1)N(Cc1ccc(F)cc1)C(=O)CN(c1ccccc1F)S(=O)(=O)c1ccc(C)cc1. The maximum Gasteiger partial charge on any atom is 0.264 e. The van der Waals surface area contributed by atoms with Crippen LogP contribution in [0.3, 0.4) is 0 Å². The van der Waals surface area contributed by atoms with Crippen molar-refractivity contribution in [3.05, 3.63) is 131 Å². The summed E-state index contributed by atoms with van der Waals surface area (Å²) in [6.07, 6.45) is 0.791. The zero-order chi connectivity index (χ0) is 31.7. The van der Waals surface area contributed by atoms with Crippen LogP contribution in [0, 0.1) is 18.6 Å². The van der Waals surface area contributed by atoms with Gasteiger partial charge < -0.3 is 10.2 Å². The van der Waals surface area contributed by atoms with Crippen LogP contribution in [-0.2, 0) is 32.6 Å². The molecule has 0 spiro atoms. The zero-order valence-corrected chi connectivity index (χ0v) is 25.4. The summed E-state index contributed by atoms with van der Waals surface area (Å²) in [5, 5.41) is 2.85. The molecule has 0 unspecified atom stereocenters. The van der Waals surface area contributed by atoms with Crippen molar-refractivity contribution in [1.29, 1.82) is 0 Å². The first kappa shape index (κ1) is 32.3. The van der Waals surface area contributed by atoms with Gasteiger partial charge in [-0.05, 0) is 60.9 Å². The van der Waals surface area contributed by atoms with Crippen molar-refractivity contribution in [2.75, 3.05) is 17.4 Å². The number of anilines is 1. The van der Waals surface area contributed by atoms with Crippen LogP contribution >= 0.6 is 0 Å². The quantitative estimate of drug-likeness (QED) is 0.210. The molecule has 4 rings (SSSR count). The van der Waals surface area contributed by atoms with Crippen LogP contribution in [0.1, 0.15) is 30.0 Å². The predicted octanol–water partition coefficient (Wildman–Crippen LogP) is 5.63. The van der Waals surface area contributed by atoms with E-state index in [4.69, 9.17) is 0 Å². The van der Waals surface area contributed by atoms with Crippen LogP contribution < -0.4 is 9.62 Å². The van der Waals surface area contributed by atoms with Gasteiger partial charge in [-0.2, -0.15) is 0 Å². The molecule has 0 aliphatic carbocycles. The van der Waals surface area contributed by atoms with E-state index < -0.39 is 46.1 Å². The highest BCUT2D eigenvalue weighted by Gasteiger charge is 2.35. The Morgan fingerprint density at radius 1 is 0.818 bits per heavy atom. The van der Waals surface area contributed by atoms with Gasteiger partial charge in [-0.3, -0.25) is 13.9 Å². The summed E-state index contributed by atoms with van der Waals surface area (Å²) < 4.78 is 57.6. The molecule has 10 heteroatoms. The number of para-hydroxylation sites is 1. The molecule has 44 heavy (non-hydrogen) atoms. The lowest BCUT2D eigenvalue weighted by Crippen LogP contribution is -2.53. The Kier molecular flexibility index (Phi) is 10.8. The van der Waals surface area contributed by atoms with E-state index in [1.165, 1.54) is 59.5 Å². The number of halogens is 2. The van der Waals surface area contributed by atoms with E-state index in [1.54, 1.807) is 19.1 Å². The highest BCUT2D eigenvalue weighted by Crippen LogP contribution is 2.27. The first-order valence-corrected chi connectivity index (χ1v) is 15.7. The van der Waals surface area contributed by atoms with Gasteiger partial charge in [0.2, 0.25) is 11.8 Å². The normalized spacial score (nSPS) is 11.9. The topological polar surface area (TPSA) is 86.8 Å². The molecule has 7 nitrogen and oxygen atoms in total. The number of nitrogens with one attached hydrogen (secondary N) is 1. The molecule has 4 aromatic rings. The fraction of sp³-hybridized carbons (Fsp3) is 0.235. The first-order chi connectivity index (χ1) is 21.1. The second kappa shape index (κ2) is 14.7. The number of benzene rings is 4. The number of nitrogens with zero attached hydrogens (tertiary/aromatic N) is 2. The lowest BCUT2D eigenvalue weighted by atomic mass is 10.0. The van der Waals surface area contributed by atoms with Crippen LogP contribution in [-0.4, -0.2) is 44.3 Å². The van der Waals surface area contributed by atoms with E-state index >= 15 is 4.39 Å². The van der Waals surface area contributed by atoms with Crippen molar-refractivity contribution in [2.24, 2.45) is 0 Å². The molecule has 0 saturated carbocycles. The molecular formula is C34H35F2N3O4S. The van der Waals surface area contributed by atoms with Gasteiger partial charge in [-0.1, -0.05) is 79.2 Å². The Labute approximate surface area is 257 Å². The van der Waals surface area contributed by atoms with E-state index in [1.807, 2.05) is 37.3 Å². The molecular weight excluding hydrogens is 584 g/mol. The number of carbonyl (C=O) groups excluding carboxylic acids is 2. The van der Waals surface area contributed by atoms with Gasteiger partial charge >= 0.3 is 0 Å². The van der Waals surface area contributed by atoms with Gasteiger partial charge in [0.1, 0.15) is 24.2 Å². The van der Waals surface area contributed by atoms with Crippen LogP contribution in [0.2, 0.25) is 0 Å². The van der Waals surface area contributed by atoms with Crippen molar-refractivity contribution in [3.8, 4) is 0 Å². The molecule has 0 fully saturated rings. The summed E-state index contributed by atoms with van der Waals surface area (Å²) in [4.78, 5) is 29.1. The summed E-state index contributed by atoms with van der Waals surface area (Å²) in [5.41, 5.74) is 1.82.